The van der Waals surface area contributed by atoms with Crippen molar-refractivity contribution in [1.82, 2.24) is 10.2 Å². The minimum Gasteiger partial charge on any atom is -0.468 e. The summed E-state index contributed by atoms with van der Waals surface area (Å²) in [5.74, 6) is 0.778. The predicted octanol–water partition coefficient (Wildman–Crippen LogP) is 2.92. The van der Waals surface area contributed by atoms with Gasteiger partial charge in [-0.05, 0) is 67.0 Å². The predicted molar refractivity (Wildman–Crippen MR) is 86.6 cm³/mol. The number of halogens is 1. The molecule has 20 heavy (non-hydrogen) atoms. The normalized spacial score (nSPS) is 12.4. The van der Waals surface area contributed by atoms with E-state index in [1.807, 2.05) is 55.4 Å². The van der Waals surface area contributed by atoms with Crippen molar-refractivity contribution in [1.29, 1.82) is 0 Å². The highest BCUT2D eigenvalue weighted by Crippen LogP contribution is 2.17. The lowest BCUT2D eigenvalue weighted by Crippen LogP contribution is -2.34. The Kier molecular flexibility index (Phi) is 5.19. The number of nitrogens with one attached hydrogen (secondary N) is 1. The monoisotopic (exact) mass is 384 g/mol. The third-order valence-electron chi connectivity index (χ3n) is 3.04. The molecule has 5 heteroatoms. The van der Waals surface area contributed by atoms with Crippen LogP contribution in [-0.2, 0) is 0 Å². The van der Waals surface area contributed by atoms with Crippen molar-refractivity contribution in [3.8, 4) is 0 Å². The number of hydrogen-bond donors (Lipinski definition) is 1. The van der Waals surface area contributed by atoms with Crippen LogP contribution in [0.5, 0.6) is 0 Å². The molecule has 0 bridgehead atoms. The second kappa shape index (κ2) is 6.90. The van der Waals surface area contributed by atoms with Gasteiger partial charge in [0.15, 0.2) is 0 Å². The Hall–Kier alpha value is -1.34. The molecule has 1 aromatic heterocycles. The molecule has 1 amide bonds. The number of likely N-dealkylation sites (N-methyl/N-ethyl adjacent to an activating group) is 1. The van der Waals surface area contributed by atoms with Gasteiger partial charge < -0.3 is 9.73 Å². The Bertz CT molecular complexity index is 567. The van der Waals surface area contributed by atoms with Gasteiger partial charge in [0.25, 0.3) is 5.91 Å². The number of benzene rings is 1. The lowest BCUT2D eigenvalue weighted by atomic mass is 10.2. The van der Waals surface area contributed by atoms with E-state index in [1.165, 1.54) is 0 Å². The molecule has 0 saturated carbocycles. The first-order valence-corrected chi connectivity index (χ1v) is 7.39. The number of furan rings is 1. The quantitative estimate of drug-likeness (QED) is 0.807. The van der Waals surface area contributed by atoms with Crippen molar-refractivity contribution in [2.45, 2.75) is 6.04 Å². The van der Waals surface area contributed by atoms with Crippen LogP contribution in [0.25, 0.3) is 0 Å². The smallest absolute Gasteiger partial charge is 0.251 e. The number of carbonyl (C=O) groups is 1. The molecular weight excluding hydrogens is 367 g/mol. The molecule has 0 aliphatic carbocycles. The van der Waals surface area contributed by atoms with Crippen molar-refractivity contribution in [3.05, 3.63) is 57.6 Å². The maximum Gasteiger partial charge on any atom is 0.251 e. The van der Waals surface area contributed by atoms with Crippen LogP contribution >= 0.6 is 22.6 Å². The molecule has 2 aromatic rings. The first-order valence-electron chi connectivity index (χ1n) is 6.31. The lowest BCUT2D eigenvalue weighted by Gasteiger charge is -2.22. The Balaban J connectivity index is 2.01. The Labute approximate surface area is 132 Å². The molecule has 4 nitrogen and oxygen atoms in total. The average molecular weight is 384 g/mol. The van der Waals surface area contributed by atoms with Gasteiger partial charge in [0, 0.05) is 15.7 Å². The minimum atomic E-state index is -0.0677. The highest BCUT2D eigenvalue weighted by molar-refractivity contribution is 14.1. The zero-order chi connectivity index (χ0) is 14.5. The largest absolute Gasteiger partial charge is 0.468 e. The molecule has 0 radical (unpaired) electrons. The van der Waals surface area contributed by atoms with Crippen molar-refractivity contribution in [3.63, 3.8) is 0 Å². The Morgan fingerprint density at radius 2 is 2.15 bits per heavy atom. The topological polar surface area (TPSA) is 45.5 Å². The average Bonchev–Trinajstić information content (AvgIpc) is 2.92. The van der Waals surface area contributed by atoms with E-state index in [1.54, 1.807) is 6.26 Å². The molecule has 1 N–H and O–H groups in total. The Morgan fingerprint density at radius 1 is 1.35 bits per heavy atom. The Morgan fingerprint density at radius 3 is 2.75 bits per heavy atom. The van der Waals surface area contributed by atoms with E-state index in [4.69, 9.17) is 4.42 Å². The van der Waals surface area contributed by atoms with Gasteiger partial charge in [-0.25, -0.2) is 0 Å². The van der Waals surface area contributed by atoms with Crippen LogP contribution in [0.4, 0.5) is 0 Å². The van der Waals surface area contributed by atoms with Gasteiger partial charge in [-0.3, -0.25) is 9.69 Å². The summed E-state index contributed by atoms with van der Waals surface area (Å²) in [6.45, 7) is 0.505. The maximum atomic E-state index is 12.1. The second-order valence-electron chi connectivity index (χ2n) is 4.72. The molecule has 1 unspecified atom stereocenters. The summed E-state index contributed by atoms with van der Waals surface area (Å²) >= 11 is 2.20. The summed E-state index contributed by atoms with van der Waals surface area (Å²) in [4.78, 5) is 14.2. The molecule has 2 rings (SSSR count). The van der Waals surface area contributed by atoms with E-state index in [0.29, 0.717) is 12.1 Å². The number of nitrogens with zero attached hydrogens (tertiary/aromatic N) is 1. The van der Waals surface area contributed by atoms with E-state index in [0.717, 1.165) is 9.33 Å². The van der Waals surface area contributed by atoms with E-state index >= 15 is 0 Å². The molecule has 0 spiro atoms. The van der Waals surface area contributed by atoms with Crippen LogP contribution in [0.3, 0.4) is 0 Å². The molecule has 1 atom stereocenters. The van der Waals surface area contributed by atoms with Crippen LogP contribution in [0.15, 0.2) is 47.1 Å². The molecule has 1 aromatic carbocycles. The van der Waals surface area contributed by atoms with Crippen LogP contribution < -0.4 is 5.32 Å². The van der Waals surface area contributed by atoms with Gasteiger partial charge >= 0.3 is 0 Å². The summed E-state index contributed by atoms with van der Waals surface area (Å²) in [6.07, 6.45) is 1.65. The van der Waals surface area contributed by atoms with Crippen LogP contribution in [0, 0.1) is 3.57 Å². The molecule has 0 aliphatic rings. The van der Waals surface area contributed by atoms with E-state index < -0.39 is 0 Å². The van der Waals surface area contributed by atoms with Gasteiger partial charge in [-0.2, -0.15) is 0 Å². The summed E-state index contributed by atoms with van der Waals surface area (Å²) in [5.41, 5.74) is 0.675. The molecule has 106 valence electrons. The highest BCUT2D eigenvalue weighted by atomic mass is 127. The summed E-state index contributed by atoms with van der Waals surface area (Å²) in [7, 11) is 3.93. The van der Waals surface area contributed by atoms with Crippen molar-refractivity contribution < 1.29 is 9.21 Å². The van der Waals surface area contributed by atoms with Gasteiger partial charge in [0.05, 0.1) is 12.3 Å². The van der Waals surface area contributed by atoms with Crippen LogP contribution in [0.2, 0.25) is 0 Å². The SMILES string of the molecule is CN(C)C(CNC(=O)c1cccc(I)c1)c1ccco1. The maximum absolute atomic E-state index is 12.1. The molecule has 0 saturated heterocycles. The summed E-state index contributed by atoms with van der Waals surface area (Å²) in [5, 5.41) is 2.95. The third-order valence-corrected chi connectivity index (χ3v) is 3.71. The second-order valence-corrected chi connectivity index (χ2v) is 5.96. The molecule has 1 heterocycles. The zero-order valence-corrected chi connectivity index (χ0v) is 13.6. The molecular formula is C15H17IN2O2. The van der Waals surface area contributed by atoms with Gasteiger partial charge in [0.2, 0.25) is 0 Å². The first kappa shape index (κ1) is 15.1. The standard InChI is InChI=1S/C15H17IN2O2/c1-18(2)13(14-7-4-8-20-14)10-17-15(19)11-5-3-6-12(16)9-11/h3-9,13H,10H2,1-2H3,(H,17,19). The van der Waals surface area contributed by atoms with Gasteiger partial charge in [-0.1, -0.05) is 6.07 Å². The van der Waals surface area contributed by atoms with Crippen molar-refractivity contribution in [2.75, 3.05) is 20.6 Å². The van der Waals surface area contributed by atoms with E-state index in [-0.39, 0.29) is 11.9 Å². The van der Waals surface area contributed by atoms with Crippen LogP contribution in [-0.4, -0.2) is 31.4 Å². The van der Waals surface area contributed by atoms with Crippen LogP contribution in [0.1, 0.15) is 22.2 Å². The number of amides is 1. The van der Waals surface area contributed by atoms with Gasteiger partial charge in [-0.15, -0.1) is 0 Å². The highest BCUT2D eigenvalue weighted by Gasteiger charge is 2.18. The minimum absolute atomic E-state index is 0.0248. The summed E-state index contributed by atoms with van der Waals surface area (Å²) < 4.78 is 6.47. The third kappa shape index (κ3) is 3.83. The number of carbonyl (C=O) groups excluding carboxylic acids is 1. The van der Waals surface area contributed by atoms with E-state index in [2.05, 4.69) is 27.9 Å². The fourth-order valence-electron chi connectivity index (χ4n) is 1.94. The molecule has 0 aliphatic heterocycles. The van der Waals surface area contributed by atoms with Crippen molar-refractivity contribution >= 4 is 28.5 Å². The number of rotatable bonds is 5. The zero-order valence-electron chi connectivity index (χ0n) is 11.5. The summed E-state index contributed by atoms with van der Waals surface area (Å²) in [6, 6.07) is 11.3. The fraction of sp³-hybridized carbons (Fsp3) is 0.267. The van der Waals surface area contributed by atoms with E-state index in [9.17, 15) is 4.79 Å². The molecule has 0 fully saturated rings. The van der Waals surface area contributed by atoms with Crippen molar-refractivity contribution in [2.24, 2.45) is 0 Å². The fourth-order valence-corrected chi connectivity index (χ4v) is 2.48. The lowest BCUT2D eigenvalue weighted by molar-refractivity contribution is 0.0939. The number of hydrogen-bond acceptors (Lipinski definition) is 3. The van der Waals surface area contributed by atoms with Gasteiger partial charge in [0.1, 0.15) is 5.76 Å². The first-order chi connectivity index (χ1) is 9.58.